The smallest absolute Gasteiger partial charge is 0.328 e. The topological polar surface area (TPSA) is 58.6 Å². The van der Waals surface area contributed by atoms with Crippen molar-refractivity contribution in [1.82, 2.24) is 5.32 Å². The molecule has 1 heterocycles. The average Bonchev–Trinajstić information content (AvgIpc) is 2.99. The van der Waals surface area contributed by atoms with Gasteiger partial charge in [-0.1, -0.05) is 25.0 Å². The summed E-state index contributed by atoms with van der Waals surface area (Å²) in [5.74, 6) is 0.0811. The van der Waals surface area contributed by atoms with E-state index in [2.05, 4.69) is 22.3 Å². The van der Waals surface area contributed by atoms with Gasteiger partial charge in [0.1, 0.15) is 6.04 Å². The molecule has 1 N–H and O–H groups in total. The summed E-state index contributed by atoms with van der Waals surface area (Å²) in [6.07, 6.45) is 10.9. The number of hydrogen-bond donors (Lipinski definition) is 1. The van der Waals surface area contributed by atoms with Crippen molar-refractivity contribution in [3.63, 3.8) is 0 Å². The number of benzene rings is 1. The molecule has 1 fully saturated rings. The lowest BCUT2D eigenvalue weighted by atomic mass is 10.1. The number of carbonyl (C=O) groups excluding carboxylic acids is 2. The molecule has 1 saturated heterocycles. The van der Waals surface area contributed by atoms with Gasteiger partial charge in [0.25, 0.3) is 0 Å². The summed E-state index contributed by atoms with van der Waals surface area (Å²) >= 11 is 1.63. The van der Waals surface area contributed by atoms with E-state index in [4.69, 9.17) is 4.74 Å². The highest BCUT2D eigenvalue weighted by molar-refractivity contribution is 7.98. The predicted octanol–water partition coefficient (Wildman–Crippen LogP) is 3.49. The van der Waals surface area contributed by atoms with Gasteiger partial charge in [-0.15, -0.1) is 0 Å². The normalized spacial score (nSPS) is 16.0. The number of amides is 1. The predicted molar refractivity (Wildman–Crippen MR) is 113 cm³/mol. The number of ether oxygens (including phenoxy) is 1. The van der Waals surface area contributed by atoms with Gasteiger partial charge >= 0.3 is 5.97 Å². The van der Waals surface area contributed by atoms with E-state index >= 15 is 0 Å². The molecule has 0 unspecified atom stereocenters. The highest BCUT2D eigenvalue weighted by Crippen LogP contribution is 2.20. The molecule has 148 valence electrons. The number of nitrogens with zero attached hydrogens (tertiary/aromatic N) is 1. The molecule has 1 aromatic rings. The number of hydrogen-bond acceptors (Lipinski definition) is 5. The number of rotatable bonds is 8. The molecular weight excluding hydrogens is 360 g/mol. The van der Waals surface area contributed by atoms with E-state index in [1.165, 1.54) is 44.6 Å². The van der Waals surface area contributed by atoms with Crippen molar-refractivity contribution in [3.05, 3.63) is 35.9 Å². The fraction of sp³-hybridized carbons (Fsp3) is 0.524. The second kappa shape index (κ2) is 11.7. The summed E-state index contributed by atoms with van der Waals surface area (Å²) in [4.78, 5) is 26.3. The maximum Gasteiger partial charge on any atom is 0.328 e. The van der Waals surface area contributed by atoms with Crippen LogP contribution in [0.3, 0.4) is 0 Å². The Morgan fingerprint density at radius 1 is 1.19 bits per heavy atom. The van der Waals surface area contributed by atoms with Crippen LogP contribution in [0.1, 0.15) is 37.7 Å². The SMILES string of the molecule is COC(=O)[C@H](CCSC)NC(=O)/C=C/c1ccc(N2CCCCCC2)cc1. The Balaban J connectivity index is 1.91. The van der Waals surface area contributed by atoms with Crippen molar-refractivity contribution >= 4 is 35.4 Å². The average molecular weight is 391 g/mol. The summed E-state index contributed by atoms with van der Waals surface area (Å²) < 4.78 is 4.76. The molecule has 0 aliphatic carbocycles. The lowest BCUT2D eigenvalue weighted by Gasteiger charge is -2.22. The van der Waals surface area contributed by atoms with E-state index < -0.39 is 12.0 Å². The Labute approximate surface area is 166 Å². The number of nitrogens with one attached hydrogen (secondary N) is 1. The molecule has 1 amide bonds. The van der Waals surface area contributed by atoms with Crippen LogP contribution in [0.15, 0.2) is 30.3 Å². The number of methoxy groups -OCH3 is 1. The first-order valence-corrected chi connectivity index (χ1v) is 10.9. The van der Waals surface area contributed by atoms with Crippen LogP contribution < -0.4 is 10.2 Å². The van der Waals surface area contributed by atoms with Crippen molar-refractivity contribution < 1.29 is 14.3 Å². The van der Waals surface area contributed by atoms with Gasteiger partial charge in [0.2, 0.25) is 5.91 Å². The first-order valence-electron chi connectivity index (χ1n) is 9.54. The summed E-state index contributed by atoms with van der Waals surface area (Å²) in [6, 6.07) is 7.66. The molecule has 2 rings (SSSR count). The minimum atomic E-state index is -0.606. The number of esters is 1. The fourth-order valence-electron chi connectivity index (χ4n) is 3.14. The molecule has 0 radical (unpaired) electrons. The zero-order valence-corrected chi connectivity index (χ0v) is 17.1. The van der Waals surface area contributed by atoms with E-state index in [9.17, 15) is 9.59 Å². The van der Waals surface area contributed by atoms with Crippen LogP contribution in [0.25, 0.3) is 6.08 Å². The van der Waals surface area contributed by atoms with E-state index in [1.54, 1.807) is 17.8 Å². The second-order valence-corrected chi connectivity index (χ2v) is 7.68. The van der Waals surface area contributed by atoms with Gasteiger partial charge in [-0.3, -0.25) is 4.79 Å². The monoisotopic (exact) mass is 390 g/mol. The van der Waals surface area contributed by atoms with Crippen LogP contribution >= 0.6 is 11.8 Å². The van der Waals surface area contributed by atoms with Crippen LogP contribution in [0, 0.1) is 0 Å². The third-order valence-corrected chi connectivity index (χ3v) is 5.35. The van der Waals surface area contributed by atoms with Gasteiger partial charge in [0.15, 0.2) is 0 Å². The van der Waals surface area contributed by atoms with E-state index in [0.717, 1.165) is 24.4 Å². The lowest BCUT2D eigenvalue weighted by molar-refractivity contribution is -0.144. The lowest BCUT2D eigenvalue weighted by Crippen LogP contribution is -2.41. The summed E-state index contributed by atoms with van der Waals surface area (Å²) in [7, 11) is 1.34. The molecule has 1 aliphatic rings. The maximum atomic E-state index is 12.1. The molecule has 1 atom stereocenters. The molecule has 0 aromatic heterocycles. The van der Waals surface area contributed by atoms with Gasteiger partial charge in [0, 0.05) is 24.9 Å². The van der Waals surface area contributed by atoms with Gasteiger partial charge in [-0.25, -0.2) is 4.79 Å². The zero-order valence-electron chi connectivity index (χ0n) is 16.3. The standard InChI is InChI=1S/C21H30N2O3S/c1-26-21(25)19(13-16-27-2)22-20(24)12-9-17-7-10-18(11-8-17)23-14-5-3-4-6-15-23/h7-12,19H,3-6,13-16H2,1-2H3,(H,22,24)/b12-9+/t19-/m0/s1. The Hall–Kier alpha value is -1.95. The molecule has 1 aliphatic heterocycles. The minimum Gasteiger partial charge on any atom is -0.467 e. The van der Waals surface area contributed by atoms with Crippen LogP contribution in [0.2, 0.25) is 0 Å². The molecule has 1 aromatic carbocycles. The third kappa shape index (κ3) is 7.29. The largest absolute Gasteiger partial charge is 0.467 e. The van der Waals surface area contributed by atoms with Crippen molar-refractivity contribution in [3.8, 4) is 0 Å². The van der Waals surface area contributed by atoms with Gasteiger partial charge < -0.3 is 15.0 Å². The Morgan fingerprint density at radius 3 is 2.44 bits per heavy atom. The highest BCUT2D eigenvalue weighted by atomic mass is 32.2. The molecule has 6 heteroatoms. The number of carbonyl (C=O) groups is 2. The fourth-order valence-corrected chi connectivity index (χ4v) is 3.62. The van der Waals surface area contributed by atoms with Crippen LogP contribution in [-0.2, 0) is 14.3 Å². The zero-order chi connectivity index (χ0) is 19.5. The van der Waals surface area contributed by atoms with Crippen LogP contribution in [0.4, 0.5) is 5.69 Å². The van der Waals surface area contributed by atoms with Crippen LogP contribution in [-0.4, -0.2) is 50.1 Å². The quantitative estimate of drug-likeness (QED) is 0.544. The first kappa shape index (κ1) is 21.4. The molecular formula is C21H30N2O3S. The van der Waals surface area contributed by atoms with Gasteiger partial charge in [0.05, 0.1) is 7.11 Å². The molecule has 0 saturated carbocycles. The van der Waals surface area contributed by atoms with Crippen molar-refractivity contribution in [1.29, 1.82) is 0 Å². The second-order valence-electron chi connectivity index (χ2n) is 6.69. The molecule has 0 spiro atoms. The van der Waals surface area contributed by atoms with Gasteiger partial charge in [-0.05, 0) is 55.0 Å². The Morgan fingerprint density at radius 2 is 1.85 bits per heavy atom. The maximum absolute atomic E-state index is 12.1. The van der Waals surface area contributed by atoms with Crippen LogP contribution in [0.5, 0.6) is 0 Å². The number of anilines is 1. The van der Waals surface area contributed by atoms with Gasteiger partial charge in [-0.2, -0.15) is 11.8 Å². The van der Waals surface area contributed by atoms with Crippen molar-refractivity contribution in [2.45, 2.75) is 38.1 Å². The summed E-state index contributed by atoms with van der Waals surface area (Å²) in [6.45, 7) is 2.23. The summed E-state index contributed by atoms with van der Waals surface area (Å²) in [5, 5.41) is 2.72. The Kier molecular flexibility index (Phi) is 9.25. The third-order valence-electron chi connectivity index (χ3n) is 4.70. The summed E-state index contributed by atoms with van der Waals surface area (Å²) in [5.41, 5.74) is 2.20. The molecule has 27 heavy (non-hydrogen) atoms. The minimum absolute atomic E-state index is 0.289. The van der Waals surface area contributed by atoms with Crippen molar-refractivity contribution in [2.24, 2.45) is 0 Å². The van der Waals surface area contributed by atoms with E-state index in [1.807, 2.05) is 18.4 Å². The van der Waals surface area contributed by atoms with E-state index in [-0.39, 0.29) is 5.91 Å². The number of thioether (sulfide) groups is 1. The van der Waals surface area contributed by atoms with E-state index in [0.29, 0.717) is 6.42 Å². The first-order chi connectivity index (χ1) is 13.1. The van der Waals surface area contributed by atoms with Crippen molar-refractivity contribution in [2.75, 3.05) is 37.1 Å². The Bertz CT molecular complexity index is 623. The molecule has 0 bridgehead atoms. The highest BCUT2D eigenvalue weighted by Gasteiger charge is 2.19. The molecule has 5 nitrogen and oxygen atoms in total.